The lowest BCUT2D eigenvalue weighted by molar-refractivity contribution is 0.862. The first kappa shape index (κ1) is 9.75. The first-order chi connectivity index (χ1) is 6.75. The number of benzene rings is 1. The fourth-order valence-electron chi connectivity index (χ4n) is 1.68. The molecule has 1 aliphatic rings. The van der Waals surface area contributed by atoms with E-state index < -0.39 is 0 Å². The maximum absolute atomic E-state index is 6.14. The van der Waals surface area contributed by atoms with E-state index in [2.05, 4.69) is 30.4 Å². The van der Waals surface area contributed by atoms with Gasteiger partial charge in [0.15, 0.2) is 0 Å². The van der Waals surface area contributed by atoms with E-state index in [-0.39, 0.29) is 0 Å². The van der Waals surface area contributed by atoms with E-state index >= 15 is 0 Å². The van der Waals surface area contributed by atoms with Gasteiger partial charge in [-0.15, -0.1) is 0 Å². The number of hydrogen-bond donors (Lipinski definition) is 1. The van der Waals surface area contributed by atoms with E-state index in [1.165, 1.54) is 11.1 Å². The molecule has 0 bridgehead atoms. The van der Waals surface area contributed by atoms with Crippen LogP contribution in [-0.2, 0) is 0 Å². The molecule has 0 radical (unpaired) electrons. The van der Waals surface area contributed by atoms with Gasteiger partial charge in [0.05, 0.1) is 0 Å². The van der Waals surface area contributed by atoms with Crippen LogP contribution in [0.4, 0.5) is 0 Å². The van der Waals surface area contributed by atoms with Crippen molar-refractivity contribution in [3.8, 4) is 0 Å². The zero-order chi connectivity index (χ0) is 9.97. The van der Waals surface area contributed by atoms with Crippen molar-refractivity contribution in [2.45, 2.75) is 13.3 Å². The predicted molar refractivity (Wildman–Crippen MR) is 61.7 cm³/mol. The summed E-state index contributed by atoms with van der Waals surface area (Å²) in [6.07, 6.45) is 3.34. The second kappa shape index (κ2) is 4.16. The molecular formula is C12H14ClN. The Morgan fingerprint density at radius 1 is 1.43 bits per heavy atom. The van der Waals surface area contributed by atoms with Crippen LogP contribution >= 0.6 is 11.6 Å². The maximum atomic E-state index is 6.14. The van der Waals surface area contributed by atoms with Gasteiger partial charge in [0.1, 0.15) is 0 Å². The highest BCUT2D eigenvalue weighted by atomic mass is 35.5. The van der Waals surface area contributed by atoms with E-state index in [1.54, 1.807) is 0 Å². The first-order valence-electron chi connectivity index (χ1n) is 4.92. The molecule has 0 unspecified atom stereocenters. The van der Waals surface area contributed by atoms with Crippen molar-refractivity contribution >= 4 is 17.7 Å². The highest BCUT2D eigenvalue weighted by molar-refractivity contribution is 6.32. The van der Waals surface area contributed by atoms with Crippen molar-refractivity contribution < 1.29 is 0 Å². The van der Waals surface area contributed by atoms with E-state index in [0.29, 0.717) is 0 Å². The van der Waals surface area contributed by atoms with Gasteiger partial charge < -0.3 is 5.32 Å². The van der Waals surface area contributed by atoms with Gasteiger partial charge >= 0.3 is 0 Å². The smallest absolute Gasteiger partial charge is 0.0480 e. The van der Waals surface area contributed by atoms with Crippen LogP contribution in [0.2, 0.25) is 5.02 Å². The lowest BCUT2D eigenvalue weighted by Gasteiger charge is -2.01. The summed E-state index contributed by atoms with van der Waals surface area (Å²) in [5.74, 6) is 0. The summed E-state index contributed by atoms with van der Waals surface area (Å²) in [4.78, 5) is 0. The zero-order valence-corrected chi connectivity index (χ0v) is 9.06. The molecule has 2 rings (SSSR count). The Morgan fingerprint density at radius 2 is 2.29 bits per heavy atom. The molecule has 1 saturated heterocycles. The zero-order valence-electron chi connectivity index (χ0n) is 8.31. The van der Waals surface area contributed by atoms with Crippen LogP contribution in [-0.4, -0.2) is 13.1 Å². The number of aryl methyl sites for hydroxylation is 1. The van der Waals surface area contributed by atoms with Gasteiger partial charge in [-0.05, 0) is 37.1 Å². The molecule has 0 saturated carbocycles. The summed E-state index contributed by atoms with van der Waals surface area (Å²) in [6.45, 7) is 4.15. The molecule has 1 nitrogen and oxygen atoms in total. The van der Waals surface area contributed by atoms with Crippen LogP contribution in [0.25, 0.3) is 6.08 Å². The molecule has 1 fully saturated rings. The predicted octanol–water partition coefficient (Wildman–Crippen LogP) is 3.03. The summed E-state index contributed by atoms with van der Waals surface area (Å²) in [6, 6.07) is 6.19. The van der Waals surface area contributed by atoms with Gasteiger partial charge in [0.2, 0.25) is 0 Å². The minimum Gasteiger partial charge on any atom is -0.313 e. The Balaban J connectivity index is 2.28. The van der Waals surface area contributed by atoms with E-state index in [9.17, 15) is 0 Å². The molecular weight excluding hydrogens is 194 g/mol. The van der Waals surface area contributed by atoms with Crippen molar-refractivity contribution in [2.75, 3.05) is 13.1 Å². The lowest BCUT2D eigenvalue weighted by atomic mass is 10.1. The van der Waals surface area contributed by atoms with E-state index in [0.717, 1.165) is 30.1 Å². The van der Waals surface area contributed by atoms with Crippen LogP contribution in [0, 0.1) is 6.92 Å². The molecule has 0 amide bonds. The van der Waals surface area contributed by atoms with Gasteiger partial charge in [0, 0.05) is 11.6 Å². The van der Waals surface area contributed by atoms with Crippen molar-refractivity contribution in [2.24, 2.45) is 0 Å². The molecule has 1 aromatic carbocycles. The van der Waals surface area contributed by atoms with Crippen LogP contribution in [0.5, 0.6) is 0 Å². The Bertz CT molecular complexity index is 361. The summed E-state index contributed by atoms with van der Waals surface area (Å²) in [7, 11) is 0. The Labute approximate surface area is 89.8 Å². The fraction of sp³-hybridized carbons (Fsp3) is 0.333. The Kier molecular flexibility index (Phi) is 2.90. The quantitative estimate of drug-likeness (QED) is 0.747. The minimum absolute atomic E-state index is 0.851. The Hall–Kier alpha value is -0.790. The van der Waals surface area contributed by atoms with Gasteiger partial charge in [0.25, 0.3) is 0 Å². The minimum atomic E-state index is 0.851. The maximum Gasteiger partial charge on any atom is 0.0480 e. The molecule has 0 aliphatic carbocycles. The summed E-state index contributed by atoms with van der Waals surface area (Å²) in [5, 5.41) is 4.16. The SMILES string of the molecule is Cc1ccc(/C=C2/CCNC2)c(Cl)c1. The topological polar surface area (TPSA) is 12.0 Å². The van der Waals surface area contributed by atoms with E-state index in [4.69, 9.17) is 11.6 Å². The summed E-state index contributed by atoms with van der Waals surface area (Å²) < 4.78 is 0. The largest absolute Gasteiger partial charge is 0.313 e. The molecule has 1 N–H and O–H groups in total. The molecule has 0 spiro atoms. The normalized spacial score (nSPS) is 19.1. The number of rotatable bonds is 1. The second-order valence-electron chi connectivity index (χ2n) is 3.75. The number of halogens is 1. The summed E-state index contributed by atoms with van der Waals surface area (Å²) >= 11 is 6.14. The standard InChI is InChI=1S/C12H14ClN/c1-9-2-3-11(12(13)6-9)7-10-4-5-14-8-10/h2-3,6-7,14H,4-5,8H2,1H3/b10-7-. The third-order valence-electron chi connectivity index (χ3n) is 2.49. The monoisotopic (exact) mass is 207 g/mol. The second-order valence-corrected chi connectivity index (χ2v) is 4.16. The molecule has 2 heteroatoms. The molecule has 1 heterocycles. The van der Waals surface area contributed by atoms with Gasteiger partial charge in [-0.1, -0.05) is 35.4 Å². The van der Waals surface area contributed by atoms with E-state index in [1.807, 2.05) is 6.07 Å². The van der Waals surface area contributed by atoms with Crippen molar-refractivity contribution in [3.05, 3.63) is 39.9 Å². The van der Waals surface area contributed by atoms with Gasteiger partial charge in [-0.3, -0.25) is 0 Å². The summed E-state index contributed by atoms with van der Waals surface area (Å²) in [5.41, 5.74) is 3.79. The first-order valence-corrected chi connectivity index (χ1v) is 5.30. The molecule has 0 atom stereocenters. The van der Waals surface area contributed by atoms with Crippen LogP contribution in [0.1, 0.15) is 17.5 Å². The Morgan fingerprint density at radius 3 is 2.93 bits per heavy atom. The average molecular weight is 208 g/mol. The van der Waals surface area contributed by atoms with Gasteiger partial charge in [-0.2, -0.15) is 0 Å². The molecule has 74 valence electrons. The third kappa shape index (κ3) is 2.17. The molecule has 1 aliphatic heterocycles. The van der Waals surface area contributed by atoms with Crippen LogP contribution < -0.4 is 5.32 Å². The number of nitrogens with one attached hydrogen (secondary N) is 1. The van der Waals surface area contributed by atoms with Crippen molar-refractivity contribution in [1.82, 2.24) is 5.32 Å². The van der Waals surface area contributed by atoms with Crippen molar-refractivity contribution in [3.63, 3.8) is 0 Å². The lowest BCUT2D eigenvalue weighted by Crippen LogP contribution is -2.04. The molecule has 1 aromatic rings. The number of hydrogen-bond acceptors (Lipinski definition) is 1. The molecule has 14 heavy (non-hydrogen) atoms. The van der Waals surface area contributed by atoms with Crippen LogP contribution in [0.3, 0.4) is 0 Å². The average Bonchev–Trinajstić information content (AvgIpc) is 2.62. The highest BCUT2D eigenvalue weighted by Crippen LogP contribution is 2.21. The van der Waals surface area contributed by atoms with Gasteiger partial charge in [-0.25, -0.2) is 0 Å². The molecule has 0 aromatic heterocycles. The third-order valence-corrected chi connectivity index (χ3v) is 2.82. The van der Waals surface area contributed by atoms with Crippen LogP contribution in [0.15, 0.2) is 23.8 Å². The fourth-order valence-corrected chi connectivity index (χ4v) is 1.97. The van der Waals surface area contributed by atoms with Crippen molar-refractivity contribution in [1.29, 1.82) is 0 Å². The highest BCUT2D eigenvalue weighted by Gasteiger charge is 2.06.